The molecule has 0 aromatic rings. The van der Waals surface area contributed by atoms with E-state index in [2.05, 4.69) is 11.4 Å². The normalized spacial score (nSPS) is 45.5. The van der Waals surface area contributed by atoms with Gasteiger partial charge in [-0.05, 0) is 68.6 Å². The molecule has 4 saturated carbocycles. The first-order valence-corrected chi connectivity index (χ1v) is 14.8. The van der Waals surface area contributed by atoms with Gasteiger partial charge in [0.1, 0.15) is 0 Å². The maximum absolute atomic E-state index is 13.2. The summed E-state index contributed by atoms with van der Waals surface area (Å²) in [4.78, 5) is 50.1. The lowest BCUT2D eigenvalue weighted by molar-refractivity contribution is -0.235. The SMILES string of the molecule is CC(C)(C)C(=O)NC1=CCC(C2CCC(O)C3C(O)C4C(O)[C@]5(O)C(=O)C(C(N)=O)C(=O)C[C@@H]5C[C@@H]4CC23)CC1. The number of amides is 2. The number of primary amides is 1. The smallest absolute Gasteiger partial charge is 0.235 e. The lowest BCUT2D eigenvalue weighted by atomic mass is 9.47. The Kier molecular flexibility index (Phi) is 7.55. The van der Waals surface area contributed by atoms with Crippen molar-refractivity contribution in [1.82, 2.24) is 5.32 Å². The van der Waals surface area contributed by atoms with Gasteiger partial charge in [-0.15, -0.1) is 0 Å². The van der Waals surface area contributed by atoms with Crippen LogP contribution in [-0.2, 0) is 19.2 Å². The van der Waals surface area contributed by atoms with Gasteiger partial charge in [0.15, 0.2) is 23.1 Å². The number of ketones is 2. The third-order valence-electron chi connectivity index (χ3n) is 10.9. The van der Waals surface area contributed by atoms with Crippen molar-refractivity contribution >= 4 is 23.4 Å². The van der Waals surface area contributed by atoms with E-state index in [0.29, 0.717) is 18.8 Å². The number of aliphatic hydroxyl groups excluding tert-OH is 3. The highest BCUT2D eigenvalue weighted by Gasteiger charge is 2.67. The monoisotopic (exact) mass is 560 g/mol. The van der Waals surface area contributed by atoms with Crippen LogP contribution in [0.2, 0.25) is 0 Å². The summed E-state index contributed by atoms with van der Waals surface area (Å²) in [6.45, 7) is 5.63. The molecule has 0 bridgehead atoms. The van der Waals surface area contributed by atoms with Gasteiger partial charge < -0.3 is 31.5 Å². The summed E-state index contributed by atoms with van der Waals surface area (Å²) < 4.78 is 0. The first-order chi connectivity index (χ1) is 18.7. The molecule has 2 amide bonds. The van der Waals surface area contributed by atoms with Crippen LogP contribution in [0.25, 0.3) is 0 Å². The number of Topliss-reactive ketones (excluding diaryl/α,β-unsaturated/α-hetero) is 2. The summed E-state index contributed by atoms with van der Waals surface area (Å²) >= 11 is 0. The number of rotatable bonds is 3. The predicted octanol–water partition coefficient (Wildman–Crippen LogP) is 0.588. The third-order valence-corrected chi connectivity index (χ3v) is 10.9. The Labute approximate surface area is 234 Å². The molecule has 0 heterocycles. The highest BCUT2D eigenvalue weighted by atomic mass is 16.4. The molecule has 0 spiro atoms. The third kappa shape index (κ3) is 4.64. The van der Waals surface area contributed by atoms with Crippen molar-refractivity contribution in [2.24, 2.45) is 58.5 Å². The van der Waals surface area contributed by atoms with E-state index in [1.54, 1.807) is 0 Å². The molecule has 10 nitrogen and oxygen atoms in total. The lowest BCUT2D eigenvalue weighted by Gasteiger charge is -2.60. The number of fused-ring (bicyclic) bond motifs is 3. The fourth-order valence-corrected chi connectivity index (χ4v) is 8.86. The van der Waals surface area contributed by atoms with Crippen molar-refractivity contribution in [3.63, 3.8) is 0 Å². The van der Waals surface area contributed by atoms with Crippen LogP contribution in [0, 0.1) is 52.8 Å². The van der Waals surface area contributed by atoms with Crippen LogP contribution in [0.5, 0.6) is 0 Å². The fourth-order valence-electron chi connectivity index (χ4n) is 8.86. The Balaban J connectivity index is 1.36. The van der Waals surface area contributed by atoms with Gasteiger partial charge in [0.05, 0.1) is 18.3 Å². The number of aliphatic hydroxyl groups is 4. The quantitative estimate of drug-likeness (QED) is 0.271. The van der Waals surface area contributed by atoms with Crippen LogP contribution in [0.3, 0.4) is 0 Å². The Hall–Kier alpha value is -2.14. The van der Waals surface area contributed by atoms with Crippen molar-refractivity contribution in [2.75, 3.05) is 0 Å². The Morgan fingerprint density at radius 1 is 1.00 bits per heavy atom. The number of allylic oxidation sites excluding steroid dienone is 2. The van der Waals surface area contributed by atoms with E-state index >= 15 is 0 Å². The molecule has 10 heteroatoms. The molecule has 5 rings (SSSR count). The summed E-state index contributed by atoms with van der Waals surface area (Å²) in [5.41, 5.74) is 3.40. The molecule has 0 aromatic carbocycles. The van der Waals surface area contributed by atoms with Crippen LogP contribution >= 0.6 is 0 Å². The summed E-state index contributed by atoms with van der Waals surface area (Å²) in [5.74, 6) is -6.65. The zero-order valence-electron chi connectivity index (χ0n) is 23.6. The van der Waals surface area contributed by atoms with Crippen LogP contribution in [0.4, 0.5) is 0 Å². The minimum Gasteiger partial charge on any atom is -0.393 e. The second-order valence-electron chi connectivity index (χ2n) is 14.2. The standard InChI is InChI=1S/C30H44N2O8/c1-29(2,3)28(39)32-16-6-4-13(5-7-16)17-8-9-19(33)22-18(17)11-14-10-15-12-20(34)23(27(31)38)26(37)30(15,40)25(36)21(14)24(22)35/h6,13-15,17-19,21-25,33,35-36,40H,4-5,7-12H2,1-3H3,(H2,31,38)(H,32,39)/t13?,14-,15+,17?,18?,19?,21?,22?,23?,24?,25?,30+/m1/s1. The number of nitrogens with one attached hydrogen (secondary N) is 1. The van der Waals surface area contributed by atoms with E-state index in [1.807, 2.05) is 20.8 Å². The maximum Gasteiger partial charge on any atom is 0.235 e. The molecule has 12 atom stereocenters. The van der Waals surface area contributed by atoms with Crippen LogP contribution in [-0.4, -0.2) is 67.7 Å². The molecule has 5 aliphatic rings. The zero-order valence-corrected chi connectivity index (χ0v) is 23.6. The zero-order chi connectivity index (χ0) is 29.3. The van der Waals surface area contributed by atoms with E-state index in [-0.39, 0.29) is 36.5 Å². The first kappa shape index (κ1) is 29.4. The van der Waals surface area contributed by atoms with Gasteiger partial charge in [-0.3, -0.25) is 19.2 Å². The van der Waals surface area contributed by atoms with E-state index in [1.165, 1.54) is 0 Å². The molecule has 7 N–H and O–H groups in total. The average molecular weight is 561 g/mol. The molecule has 40 heavy (non-hydrogen) atoms. The van der Waals surface area contributed by atoms with Crippen LogP contribution in [0.1, 0.15) is 72.1 Å². The van der Waals surface area contributed by atoms with Gasteiger partial charge in [0, 0.05) is 35.3 Å². The average Bonchev–Trinajstić information content (AvgIpc) is 2.86. The summed E-state index contributed by atoms with van der Waals surface area (Å²) in [6.07, 6.45) is 2.86. The summed E-state index contributed by atoms with van der Waals surface area (Å²) in [7, 11) is 0. The lowest BCUT2D eigenvalue weighted by Crippen LogP contribution is -2.72. The van der Waals surface area contributed by atoms with Crippen molar-refractivity contribution in [2.45, 2.75) is 96.1 Å². The molecular weight excluding hydrogens is 516 g/mol. The van der Waals surface area contributed by atoms with Gasteiger partial charge in [0.2, 0.25) is 11.8 Å². The molecule has 0 saturated heterocycles. The van der Waals surface area contributed by atoms with Crippen LogP contribution in [0.15, 0.2) is 11.8 Å². The predicted molar refractivity (Wildman–Crippen MR) is 143 cm³/mol. The molecule has 5 aliphatic carbocycles. The van der Waals surface area contributed by atoms with E-state index in [9.17, 15) is 39.6 Å². The van der Waals surface area contributed by atoms with E-state index in [4.69, 9.17) is 5.73 Å². The van der Waals surface area contributed by atoms with Gasteiger partial charge in [-0.1, -0.05) is 26.8 Å². The van der Waals surface area contributed by atoms with Crippen molar-refractivity contribution in [3.05, 3.63) is 11.8 Å². The van der Waals surface area contributed by atoms with Crippen LogP contribution < -0.4 is 11.1 Å². The number of nitrogens with two attached hydrogens (primary N) is 1. The number of hydrogen-bond donors (Lipinski definition) is 6. The summed E-state index contributed by atoms with van der Waals surface area (Å²) in [6, 6.07) is 0. The van der Waals surface area contributed by atoms with Gasteiger partial charge in [-0.2, -0.15) is 0 Å². The van der Waals surface area contributed by atoms with Gasteiger partial charge in [0.25, 0.3) is 0 Å². The molecule has 0 aliphatic heterocycles. The number of hydrogen-bond acceptors (Lipinski definition) is 8. The molecule has 9 unspecified atom stereocenters. The summed E-state index contributed by atoms with van der Waals surface area (Å²) in [5, 5.41) is 48.7. The highest BCUT2D eigenvalue weighted by Crippen LogP contribution is 2.58. The fraction of sp³-hybridized carbons (Fsp3) is 0.800. The molecule has 4 fully saturated rings. The maximum atomic E-state index is 13.2. The first-order valence-electron chi connectivity index (χ1n) is 14.8. The van der Waals surface area contributed by atoms with Gasteiger partial charge in [-0.25, -0.2) is 0 Å². The topological polar surface area (TPSA) is 187 Å². The van der Waals surface area contributed by atoms with E-state index in [0.717, 1.165) is 31.4 Å². The molecule has 222 valence electrons. The van der Waals surface area contributed by atoms with Gasteiger partial charge >= 0.3 is 0 Å². The van der Waals surface area contributed by atoms with Crippen molar-refractivity contribution in [3.8, 4) is 0 Å². The second kappa shape index (κ2) is 10.3. The number of carbonyl (C=O) groups is 4. The van der Waals surface area contributed by atoms with Crippen molar-refractivity contribution in [1.29, 1.82) is 0 Å². The largest absolute Gasteiger partial charge is 0.393 e. The highest BCUT2D eigenvalue weighted by molar-refractivity contribution is 6.22. The molecular formula is C30H44N2O8. The minimum atomic E-state index is -2.34. The Morgan fingerprint density at radius 2 is 1.70 bits per heavy atom. The van der Waals surface area contributed by atoms with E-state index < -0.39 is 70.5 Å². The number of carbonyl (C=O) groups excluding carboxylic acids is 4. The molecule has 0 aromatic heterocycles. The molecule has 0 radical (unpaired) electrons. The Bertz CT molecular complexity index is 1110. The second-order valence-corrected chi connectivity index (χ2v) is 14.2. The van der Waals surface area contributed by atoms with Crippen molar-refractivity contribution < 1.29 is 39.6 Å². The minimum absolute atomic E-state index is 0.0165. The Morgan fingerprint density at radius 3 is 2.30 bits per heavy atom.